The summed E-state index contributed by atoms with van der Waals surface area (Å²) in [5.74, 6) is -0.404. The van der Waals surface area contributed by atoms with Gasteiger partial charge >= 0.3 is 5.82 Å². The number of rotatable bonds is 5. The Hall–Kier alpha value is -3.00. The van der Waals surface area contributed by atoms with E-state index >= 15 is 0 Å². The van der Waals surface area contributed by atoms with E-state index in [9.17, 15) is 14.9 Å². The van der Waals surface area contributed by atoms with Gasteiger partial charge in [0, 0.05) is 11.3 Å². The minimum atomic E-state index is -0.539. The lowest BCUT2D eigenvalue weighted by Gasteiger charge is -2.13. The first-order chi connectivity index (χ1) is 13.2. The lowest BCUT2D eigenvalue weighted by atomic mass is 10.0. The standard InChI is InChI=1S/C20H19BrN4O3/c1-12-8-13(2)18(14(3)9-12)22-20(26)16-6-4-15(5-7-16)10-24-11-17(21)19(23-24)25(27)28/h4-9,11H,10H2,1-3H3,(H,22,26). The van der Waals surface area contributed by atoms with E-state index in [1.165, 1.54) is 4.68 Å². The van der Waals surface area contributed by atoms with Crippen LogP contribution in [0, 0.1) is 30.9 Å². The number of nitrogens with zero attached hydrogens (tertiary/aromatic N) is 3. The van der Waals surface area contributed by atoms with Gasteiger partial charge in [-0.15, -0.1) is 0 Å². The van der Waals surface area contributed by atoms with Crippen LogP contribution in [0.2, 0.25) is 0 Å². The van der Waals surface area contributed by atoms with Gasteiger partial charge in [-0.05, 0) is 70.4 Å². The Labute approximate surface area is 170 Å². The van der Waals surface area contributed by atoms with Gasteiger partial charge in [-0.2, -0.15) is 4.68 Å². The number of amides is 1. The number of anilines is 1. The van der Waals surface area contributed by atoms with E-state index in [1.807, 2.05) is 45.0 Å². The third kappa shape index (κ3) is 4.28. The highest BCUT2D eigenvalue weighted by Crippen LogP contribution is 2.24. The zero-order valence-corrected chi connectivity index (χ0v) is 17.3. The molecule has 0 aliphatic carbocycles. The molecule has 2 aromatic carbocycles. The molecule has 1 heterocycles. The fourth-order valence-corrected chi connectivity index (χ4v) is 3.56. The molecular formula is C20H19BrN4O3. The van der Waals surface area contributed by atoms with Crippen molar-refractivity contribution in [2.24, 2.45) is 0 Å². The summed E-state index contributed by atoms with van der Waals surface area (Å²) in [5.41, 5.74) is 5.44. The molecule has 1 N–H and O–H groups in total. The number of carbonyl (C=O) groups excluding carboxylic acids is 1. The van der Waals surface area contributed by atoms with Crippen LogP contribution in [0.25, 0.3) is 0 Å². The van der Waals surface area contributed by atoms with E-state index in [2.05, 4.69) is 26.3 Å². The van der Waals surface area contributed by atoms with Crippen molar-refractivity contribution in [2.75, 3.05) is 5.32 Å². The first kappa shape index (κ1) is 19.8. The van der Waals surface area contributed by atoms with Crippen LogP contribution in [0.5, 0.6) is 0 Å². The zero-order chi connectivity index (χ0) is 20.4. The molecule has 0 aliphatic heterocycles. The van der Waals surface area contributed by atoms with Gasteiger partial charge in [-0.25, -0.2) is 0 Å². The summed E-state index contributed by atoms with van der Waals surface area (Å²) < 4.78 is 1.81. The van der Waals surface area contributed by atoms with Crippen molar-refractivity contribution < 1.29 is 9.72 Å². The van der Waals surface area contributed by atoms with Gasteiger partial charge in [0.25, 0.3) is 5.91 Å². The topological polar surface area (TPSA) is 90.1 Å². The van der Waals surface area contributed by atoms with Crippen LogP contribution in [-0.2, 0) is 6.54 Å². The Morgan fingerprint density at radius 1 is 1.18 bits per heavy atom. The molecular weight excluding hydrogens is 424 g/mol. The number of carbonyl (C=O) groups is 1. The molecule has 0 fully saturated rings. The van der Waals surface area contributed by atoms with Gasteiger partial charge in [0.05, 0.1) is 17.8 Å². The van der Waals surface area contributed by atoms with Crippen LogP contribution >= 0.6 is 15.9 Å². The van der Waals surface area contributed by atoms with E-state index in [4.69, 9.17) is 0 Å². The first-order valence-electron chi connectivity index (χ1n) is 8.60. The van der Waals surface area contributed by atoms with Crippen LogP contribution in [0.3, 0.4) is 0 Å². The van der Waals surface area contributed by atoms with Crippen LogP contribution < -0.4 is 5.32 Å². The summed E-state index contributed by atoms with van der Waals surface area (Å²) in [5, 5.41) is 17.8. The quantitative estimate of drug-likeness (QED) is 0.454. The fourth-order valence-electron chi connectivity index (χ4n) is 3.10. The Balaban J connectivity index is 1.73. The third-order valence-corrected chi connectivity index (χ3v) is 4.91. The number of nitro groups is 1. The van der Waals surface area contributed by atoms with E-state index in [0.29, 0.717) is 16.6 Å². The highest BCUT2D eigenvalue weighted by molar-refractivity contribution is 9.10. The summed E-state index contributed by atoms with van der Waals surface area (Å²) in [6.45, 7) is 6.34. The van der Waals surface area contributed by atoms with E-state index in [-0.39, 0.29) is 11.7 Å². The van der Waals surface area contributed by atoms with E-state index < -0.39 is 4.92 Å². The van der Waals surface area contributed by atoms with Gasteiger partial charge in [0.1, 0.15) is 4.47 Å². The molecule has 1 aromatic heterocycles. The van der Waals surface area contributed by atoms with Crippen molar-refractivity contribution in [3.05, 3.63) is 85.0 Å². The molecule has 0 unspecified atom stereocenters. The van der Waals surface area contributed by atoms with Gasteiger partial charge in [-0.3, -0.25) is 4.79 Å². The molecule has 144 valence electrons. The molecule has 3 rings (SSSR count). The zero-order valence-electron chi connectivity index (χ0n) is 15.7. The van der Waals surface area contributed by atoms with Gasteiger partial charge in [0.2, 0.25) is 0 Å². The number of halogens is 1. The normalized spacial score (nSPS) is 10.7. The number of hydrogen-bond donors (Lipinski definition) is 1. The molecule has 28 heavy (non-hydrogen) atoms. The van der Waals surface area contributed by atoms with Gasteiger partial charge < -0.3 is 15.4 Å². The van der Waals surface area contributed by atoms with Crippen molar-refractivity contribution in [1.82, 2.24) is 9.78 Å². The van der Waals surface area contributed by atoms with Crippen molar-refractivity contribution >= 4 is 33.3 Å². The average molecular weight is 443 g/mol. The molecule has 0 bridgehead atoms. The number of benzene rings is 2. The molecule has 0 radical (unpaired) electrons. The fraction of sp³-hybridized carbons (Fsp3) is 0.200. The monoisotopic (exact) mass is 442 g/mol. The molecule has 1 amide bonds. The van der Waals surface area contributed by atoms with Crippen LogP contribution in [0.1, 0.15) is 32.6 Å². The smallest absolute Gasteiger partial charge is 0.358 e. The number of hydrogen-bond acceptors (Lipinski definition) is 4. The summed E-state index contributed by atoms with van der Waals surface area (Å²) >= 11 is 3.13. The van der Waals surface area contributed by atoms with Crippen LogP contribution in [-0.4, -0.2) is 20.6 Å². The second-order valence-electron chi connectivity index (χ2n) is 6.68. The maximum Gasteiger partial charge on any atom is 0.404 e. The molecule has 0 saturated carbocycles. The predicted octanol–water partition coefficient (Wildman–Crippen LogP) is 4.78. The van der Waals surface area contributed by atoms with Gasteiger partial charge in [0.15, 0.2) is 0 Å². The highest BCUT2D eigenvalue weighted by atomic mass is 79.9. The Kier molecular flexibility index (Phi) is 5.60. The molecule has 0 spiro atoms. The lowest BCUT2D eigenvalue weighted by molar-refractivity contribution is -0.390. The Morgan fingerprint density at radius 3 is 2.32 bits per heavy atom. The van der Waals surface area contributed by atoms with Crippen molar-refractivity contribution in [2.45, 2.75) is 27.3 Å². The largest absolute Gasteiger partial charge is 0.404 e. The number of aryl methyl sites for hydroxylation is 3. The minimum Gasteiger partial charge on any atom is -0.358 e. The highest BCUT2D eigenvalue weighted by Gasteiger charge is 2.18. The second kappa shape index (κ2) is 7.93. The number of nitrogens with one attached hydrogen (secondary N) is 1. The Morgan fingerprint density at radius 2 is 1.79 bits per heavy atom. The average Bonchev–Trinajstić information content (AvgIpc) is 2.99. The van der Waals surface area contributed by atoms with E-state index in [1.54, 1.807) is 18.3 Å². The molecule has 7 nitrogen and oxygen atoms in total. The minimum absolute atomic E-state index is 0.181. The second-order valence-corrected chi connectivity index (χ2v) is 7.53. The molecule has 8 heteroatoms. The summed E-state index contributed by atoms with van der Waals surface area (Å²) in [7, 11) is 0. The van der Waals surface area contributed by atoms with Crippen LogP contribution in [0.4, 0.5) is 11.5 Å². The van der Waals surface area contributed by atoms with Crippen molar-refractivity contribution in [3.63, 3.8) is 0 Å². The maximum absolute atomic E-state index is 12.6. The summed E-state index contributed by atoms with van der Waals surface area (Å²) in [6.07, 6.45) is 1.56. The molecule has 0 saturated heterocycles. The van der Waals surface area contributed by atoms with Crippen LogP contribution in [0.15, 0.2) is 47.1 Å². The third-order valence-electron chi connectivity index (χ3n) is 4.35. The lowest BCUT2D eigenvalue weighted by Crippen LogP contribution is -2.14. The first-order valence-corrected chi connectivity index (χ1v) is 9.39. The Bertz CT molecular complexity index is 1030. The predicted molar refractivity (Wildman–Crippen MR) is 111 cm³/mol. The SMILES string of the molecule is Cc1cc(C)c(NC(=O)c2ccc(Cn3cc(Br)c([N+](=O)[O-])n3)cc2)c(C)c1. The van der Waals surface area contributed by atoms with Crippen molar-refractivity contribution in [1.29, 1.82) is 0 Å². The van der Waals surface area contributed by atoms with Gasteiger partial charge in [-0.1, -0.05) is 29.8 Å². The maximum atomic E-state index is 12.6. The number of aromatic nitrogens is 2. The van der Waals surface area contributed by atoms with E-state index in [0.717, 1.165) is 27.9 Å². The molecule has 3 aromatic rings. The molecule has 0 aliphatic rings. The summed E-state index contributed by atoms with van der Waals surface area (Å²) in [4.78, 5) is 22.9. The molecule has 0 atom stereocenters. The summed E-state index contributed by atoms with van der Waals surface area (Å²) in [6, 6.07) is 11.2. The van der Waals surface area contributed by atoms with Crippen molar-refractivity contribution in [3.8, 4) is 0 Å².